The molecule has 3 rings (SSSR count). The average molecular weight is 283 g/mol. The number of oxazole rings is 1. The van der Waals surface area contributed by atoms with Crippen molar-refractivity contribution in [1.82, 2.24) is 9.97 Å². The van der Waals surface area contributed by atoms with Gasteiger partial charge < -0.3 is 14.8 Å². The number of hydrogen-bond donors (Lipinski definition) is 2. The van der Waals surface area contributed by atoms with Crippen LogP contribution in [0, 0.1) is 0 Å². The molecule has 0 amide bonds. The van der Waals surface area contributed by atoms with Gasteiger partial charge in [0.25, 0.3) is 6.01 Å². The molecule has 1 unspecified atom stereocenters. The minimum Gasteiger partial charge on any atom is -0.478 e. The lowest BCUT2D eigenvalue weighted by Crippen LogP contribution is -2.06. The molecule has 0 aliphatic rings. The largest absolute Gasteiger partial charge is 0.478 e. The number of nitrogens with zero attached hydrogens (tertiary/aromatic N) is 2. The maximum absolute atomic E-state index is 10.9. The van der Waals surface area contributed by atoms with Crippen LogP contribution in [-0.4, -0.2) is 21.0 Å². The maximum Gasteiger partial charge on any atom is 0.335 e. The van der Waals surface area contributed by atoms with E-state index >= 15 is 0 Å². The van der Waals surface area contributed by atoms with Gasteiger partial charge in [-0.3, -0.25) is 4.98 Å². The lowest BCUT2D eigenvalue weighted by molar-refractivity contribution is 0.0697. The summed E-state index contributed by atoms with van der Waals surface area (Å²) in [5, 5.41) is 12.1. The fraction of sp³-hybridized carbons (Fsp3) is 0.133. The van der Waals surface area contributed by atoms with E-state index in [0.29, 0.717) is 17.1 Å². The summed E-state index contributed by atoms with van der Waals surface area (Å²) in [5.74, 6) is -0.994. The molecular formula is C15H13N3O3. The third-order valence-electron chi connectivity index (χ3n) is 3.16. The van der Waals surface area contributed by atoms with Crippen molar-refractivity contribution in [3.8, 4) is 0 Å². The minimum absolute atomic E-state index is 0.0225. The first-order chi connectivity index (χ1) is 10.1. The lowest BCUT2D eigenvalue weighted by atomic mass is 10.1. The van der Waals surface area contributed by atoms with Crippen LogP contribution in [0.3, 0.4) is 0 Å². The monoisotopic (exact) mass is 283 g/mol. The topological polar surface area (TPSA) is 88.2 Å². The van der Waals surface area contributed by atoms with Gasteiger partial charge in [-0.2, -0.15) is 4.98 Å². The molecule has 106 valence electrons. The number of rotatable bonds is 4. The zero-order chi connectivity index (χ0) is 14.8. The van der Waals surface area contributed by atoms with Crippen LogP contribution in [0.4, 0.5) is 6.01 Å². The molecule has 1 aromatic carbocycles. The van der Waals surface area contributed by atoms with Gasteiger partial charge in [0.2, 0.25) is 0 Å². The first-order valence-electron chi connectivity index (χ1n) is 6.44. The van der Waals surface area contributed by atoms with Crippen molar-refractivity contribution < 1.29 is 14.3 Å². The molecule has 21 heavy (non-hydrogen) atoms. The molecule has 3 aromatic rings. The summed E-state index contributed by atoms with van der Waals surface area (Å²) >= 11 is 0. The Kier molecular flexibility index (Phi) is 3.27. The summed E-state index contributed by atoms with van der Waals surface area (Å²) in [5.41, 5.74) is 2.23. The lowest BCUT2D eigenvalue weighted by Gasteiger charge is -2.11. The van der Waals surface area contributed by atoms with E-state index in [9.17, 15) is 4.79 Å². The van der Waals surface area contributed by atoms with Crippen molar-refractivity contribution in [2.75, 3.05) is 5.32 Å². The number of carboxylic acid groups (broad SMARTS) is 1. The number of fused-ring (bicyclic) bond motifs is 1. The molecular weight excluding hydrogens is 270 g/mol. The Bertz CT molecular complexity index is 783. The molecule has 0 spiro atoms. The average Bonchev–Trinajstić information content (AvgIpc) is 2.89. The van der Waals surface area contributed by atoms with Gasteiger partial charge in [0.15, 0.2) is 5.58 Å². The second-order valence-electron chi connectivity index (χ2n) is 4.66. The Morgan fingerprint density at radius 3 is 2.95 bits per heavy atom. The summed E-state index contributed by atoms with van der Waals surface area (Å²) in [4.78, 5) is 19.3. The van der Waals surface area contributed by atoms with Gasteiger partial charge in [-0.1, -0.05) is 6.07 Å². The van der Waals surface area contributed by atoms with Crippen molar-refractivity contribution >= 4 is 23.1 Å². The van der Waals surface area contributed by atoms with Gasteiger partial charge in [-0.15, -0.1) is 0 Å². The third kappa shape index (κ3) is 2.69. The Balaban J connectivity index is 1.86. The molecule has 0 fully saturated rings. The SMILES string of the molecule is CC(Nc1nc2ccc(C(=O)O)cc2o1)c1cccnc1. The molecule has 0 aliphatic carbocycles. The van der Waals surface area contributed by atoms with Crippen LogP contribution in [0.1, 0.15) is 28.9 Å². The summed E-state index contributed by atoms with van der Waals surface area (Å²) < 4.78 is 5.55. The zero-order valence-electron chi connectivity index (χ0n) is 11.3. The summed E-state index contributed by atoms with van der Waals surface area (Å²) in [7, 11) is 0. The molecule has 2 aromatic heterocycles. The number of pyridine rings is 1. The zero-order valence-corrected chi connectivity index (χ0v) is 11.3. The minimum atomic E-state index is -0.994. The number of anilines is 1. The molecule has 6 nitrogen and oxygen atoms in total. The smallest absolute Gasteiger partial charge is 0.335 e. The van der Waals surface area contributed by atoms with Crippen LogP contribution in [0.2, 0.25) is 0 Å². The molecule has 2 N–H and O–H groups in total. The van der Waals surface area contributed by atoms with Gasteiger partial charge >= 0.3 is 5.97 Å². The number of carbonyl (C=O) groups is 1. The van der Waals surface area contributed by atoms with Gasteiger partial charge in [0, 0.05) is 12.4 Å². The van der Waals surface area contributed by atoms with E-state index in [1.54, 1.807) is 18.5 Å². The van der Waals surface area contributed by atoms with Crippen LogP contribution in [-0.2, 0) is 0 Å². The molecule has 0 bridgehead atoms. The van der Waals surface area contributed by atoms with Crippen LogP contribution >= 0.6 is 0 Å². The van der Waals surface area contributed by atoms with Crippen LogP contribution in [0.25, 0.3) is 11.1 Å². The Morgan fingerprint density at radius 1 is 1.38 bits per heavy atom. The number of carboxylic acids is 1. The van der Waals surface area contributed by atoms with E-state index < -0.39 is 5.97 Å². The normalized spacial score (nSPS) is 12.2. The van der Waals surface area contributed by atoms with Crippen molar-refractivity contribution in [2.45, 2.75) is 13.0 Å². The van der Waals surface area contributed by atoms with E-state index in [4.69, 9.17) is 9.52 Å². The van der Waals surface area contributed by atoms with Crippen LogP contribution < -0.4 is 5.32 Å². The van der Waals surface area contributed by atoms with E-state index in [1.165, 1.54) is 12.1 Å². The van der Waals surface area contributed by atoms with Crippen LogP contribution in [0.5, 0.6) is 0 Å². The van der Waals surface area contributed by atoms with E-state index in [0.717, 1.165) is 5.56 Å². The number of hydrogen-bond acceptors (Lipinski definition) is 5. The summed E-state index contributed by atoms with van der Waals surface area (Å²) in [6.07, 6.45) is 3.48. The molecule has 0 radical (unpaired) electrons. The van der Waals surface area contributed by atoms with E-state index in [-0.39, 0.29) is 11.6 Å². The van der Waals surface area contributed by atoms with Crippen molar-refractivity contribution in [3.05, 3.63) is 53.9 Å². The first kappa shape index (κ1) is 13.1. The maximum atomic E-state index is 10.9. The molecule has 0 saturated carbocycles. The quantitative estimate of drug-likeness (QED) is 0.765. The fourth-order valence-corrected chi connectivity index (χ4v) is 2.02. The second kappa shape index (κ2) is 5.24. The predicted molar refractivity (Wildman–Crippen MR) is 77.2 cm³/mol. The van der Waals surface area contributed by atoms with Crippen molar-refractivity contribution in [2.24, 2.45) is 0 Å². The number of benzene rings is 1. The van der Waals surface area contributed by atoms with Gasteiger partial charge in [0.1, 0.15) is 5.52 Å². The predicted octanol–water partition coefficient (Wildman–Crippen LogP) is 3.09. The molecule has 0 saturated heterocycles. The fourth-order valence-electron chi connectivity index (χ4n) is 2.02. The van der Waals surface area contributed by atoms with E-state index in [1.807, 2.05) is 19.1 Å². The Morgan fingerprint density at radius 2 is 2.24 bits per heavy atom. The molecule has 2 heterocycles. The Hall–Kier alpha value is -2.89. The van der Waals surface area contributed by atoms with Gasteiger partial charge in [-0.25, -0.2) is 4.79 Å². The summed E-state index contributed by atoms with van der Waals surface area (Å²) in [6, 6.07) is 8.73. The number of nitrogens with one attached hydrogen (secondary N) is 1. The molecule has 6 heteroatoms. The van der Waals surface area contributed by atoms with E-state index in [2.05, 4.69) is 15.3 Å². The second-order valence-corrected chi connectivity index (χ2v) is 4.66. The third-order valence-corrected chi connectivity index (χ3v) is 3.16. The molecule has 0 aliphatic heterocycles. The van der Waals surface area contributed by atoms with Crippen LogP contribution in [0.15, 0.2) is 47.1 Å². The van der Waals surface area contributed by atoms with Crippen molar-refractivity contribution in [3.63, 3.8) is 0 Å². The molecule has 1 atom stereocenters. The highest BCUT2D eigenvalue weighted by atomic mass is 16.4. The van der Waals surface area contributed by atoms with Crippen molar-refractivity contribution in [1.29, 1.82) is 0 Å². The van der Waals surface area contributed by atoms with Gasteiger partial charge in [0.05, 0.1) is 11.6 Å². The van der Waals surface area contributed by atoms with Gasteiger partial charge in [-0.05, 0) is 36.8 Å². The summed E-state index contributed by atoms with van der Waals surface area (Å²) in [6.45, 7) is 1.97. The first-order valence-corrected chi connectivity index (χ1v) is 6.44. The highest BCUT2D eigenvalue weighted by Gasteiger charge is 2.12. The Labute approximate surface area is 120 Å². The standard InChI is InChI=1S/C15H13N3O3/c1-9(11-3-2-6-16-8-11)17-15-18-12-5-4-10(14(19)20)7-13(12)21-15/h2-9H,1H3,(H,17,18)(H,19,20). The number of aromatic carboxylic acids is 1. The highest BCUT2D eigenvalue weighted by Crippen LogP contribution is 2.23. The number of aromatic nitrogens is 2. The highest BCUT2D eigenvalue weighted by molar-refractivity contribution is 5.92.